The van der Waals surface area contributed by atoms with Gasteiger partial charge in [0, 0.05) is 24.0 Å². The van der Waals surface area contributed by atoms with E-state index in [4.69, 9.17) is 15.2 Å². The molecule has 1 atom stereocenters. The summed E-state index contributed by atoms with van der Waals surface area (Å²) in [6, 6.07) is 9.24. The van der Waals surface area contributed by atoms with Crippen molar-refractivity contribution in [3.8, 4) is 22.8 Å². The van der Waals surface area contributed by atoms with Crippen LogP contribution in [0.15, 0.2) is 42.7 Å². The summed E-state index contributed by atoms with van der Waals surface area (Å²) in [5, 5.41) is 0. The molecule has 0 saturated heterocycles. The molecule has 1 aromatic carbocycles. The highest BCUT2D eigenvalue weighted by atomic mass is 19.1. The zero-order chi connectivity index (χ0) is 15.8. The summed E-state index contributed by atoms with van der Waals surface area (Å²) < 4.78 is 25.1. The third-order valence-corrected chi connectivity index (χ3v) is 4.00. The number of alkyl halides is 1. The summed E-state index contributed by atoms with van der Waals surface area (Å²) in [6.07, 6.45) is 4.15. The molecule has 3 aromatic rings. The third kappa shape index (κ3) is 2.51. The normalized spacial score (nSPS) is 14.3. The van der Waals surface area contributed by atoms with E-state index in [1.54, 1.807) is 0 Å². The Morgan fingerprint density at radius 3 is 2.96 bits per heavy atom. The highest BCUT2D eigenvalue weighted by molar-refractivity contribution is 5.66. The Balaban J connectivity index is 1.71. The van der Waals surface area contributed by atoms with Gasteiger partial charge in [0.2, 0.25) is 6.79 Å². The minimum atomic E-state index is -0.427. The minimum Gasteiger partial charge on any atom is -0.454 e. The third-order valence-electron chi connectivity index (χ3n) is 4.00. The van der Waals surface area contributed by atoms with Gasteiger partial charge in [-0.05, 0) is 42.3 Å². The summed E-state index contributed by atoms with van der Waals surface area (Å²) in [6.45, 7) is -0.178. The summed E-state index contributed by atoms with van der Waals surface area (Å²) in [5.74, 6) is 1.47. The van der Waals surface area contributed by atoms with E-state index in [-0.39, 0.29) is 12.8 Å². The van der Waals surface area contributed by atoms with Gasteiger partial charge in [-0.15, -0.1) is 0 Å². The Hall–Kier alpha value is -2.60. The number of aromatic nitrogens is 2. The fraction of sp³-hybridized carbons (Fsp3) is 0.235. The topological polar surface area (TPSA) is 61.8 Å². The molecule has 1 aliphatic rings. The van der Waals surface area contributed by atoms with Crippen LogP contribution in [0.25, 0.3) is 16.9 Å². The van der Waals surface area contributed by atoms with Gasteiger partial charge in [0.25, 0.3) is 0 Å². The molecule has 0 aliphatic carbocycles. The number of rotatable bonds is 4. The minimum absolute atomic E-state index is 0.250. The van der Waals surface area contributed by atoms with Crippen molar-refractivity contribution in [2.24, 2.45) is 5.73 Å². The molecule has 23 heavy (non-hydrogen) atoms. The Kier molecular flexibility index (Phi) is 3.38. The number of imidazole rings is 1. The summed E-state index contributed by atoms with van der Waals surface area (Å²) in [4.78, 5) is 4.63. The molecule has 118 valence electrons. The molecule has 2 aromatic heterocycles. The first-order valence-corrected chi connectivity index (χ1v) is 7.45. The van der Waals surface area contributed by atoms with Crippen molar-refractivity contribution in [1.82, 2.24) is 9.38 Å². The van der Waals surface area contributed by atoms with Crippen molar-refractivity contribution < 1.29 is 13.9 Å². The molecule has 0 bridgehead atoms. The number of fused-ring (bicyclic) bond motifs is 2. The van der Waals surface area contributed by atoms with Crippen LogP contribution in [-0.2, 0) is 0 Å². The van der Waals surface area contributed by atoms with Crippen molar-refractivity contribution in [2.75, 3.05) is 13.5 Å². The standard InChI is InChI=1S/C17H16FN3O2/c18-5-3-13(19)11-4-6-21-9-14(20-17(21)8-11)12-1-2-15-16(7-12)23-10-22-15/h1-2,4,6-9,13H,3,5,10,19H2. The summed E-state index contributed by atoms with van der Waals surface area (Å²) >= 11 is 0. The Morgan fingerprint density at radius 2 is 2.09 bits per heavy atom. The van der Waals surface area contributed by atoms with Crippen LogP contribution in [0, 0.1) is 0 Å². The lowest BCUT2D eigenvalue weighted by molar-refractivity contribution is 0.174. The van der Waals surface area contributed by atoms with Crippen LogP contribution in [0.3, 0.4) is 0 Å². The molecule has 1 unspecified atom stereocenters. The van der Waals surface area contributed by atoms with Crippen molar-refractivity contribution in [3.63, 3.8) is 0 Å². The van der Waals surface area contributed by atoms with E-state index in [2.05, 4.69) is 4.98 Å². The van der Waals surface area contributed by atoms with Gasteiger partial charge in [-0.1, -0.05) is 0 Å². The van der Waals surface area contributed by atoms with E-state index in [9.17, 15) is 4.39 Å². The van der Waals surface area contributed by atoms with E-state index in [1.807, 2.05) is 47.1 Å². The maximum Gasteiger partial charge on any atom is 0.231 e. The van der Waals surface area contributed by atoms with Crippen molar-refractivity contribution in [3.05, 3.63) is 48.3 Å². The lowest BCUT2D eigenvalue weighted by Gasteiger charge is -2.09. The zero-order valence-electron chi connectivity index (χ0n) is 12.4. The Labute approximate surface area is 132 Å². The quantitative estimate of drug-likeness (QED) is 0.804. The molecule has 0 spiro atoms. The number of nitrogens with two attached hydrogens (primary N) is 1. The van der Waals surface area contributed by atoms with Crippen LogP contribution < -0.4 is 15.2 Å². The molecular weight excluding hydrogens is 297 g/mol. The van der Waals surface area contributed by atoms with E-state index < -0.39 is 6.67 Å². The van der Waals surface area contributed by atoms with Crippen molar-refractivity contribution in [2.45, 2.75) is 12.5 Å². The number of halogens is 1. The van der Waals surface area contributed by atoms with E-state index >= 15 is 0 Å². The highest BCUT2D eigenvalue weighted by Gasteiger charge is 2.15. The molecule has 1 aliphatic heterocycles. The van der Waals surface area contributed by atoms with Crippen molar-refractivity contribution >= 4 is 5.65 Å². The van der Waals surface area contributed by atoms with Gasteiger partial charge in [0.05, 0.1) is 12.4 Å². The SMILES string of the molecule is NC(CCF)c1ccn2cc(-c3ccc4c(c3)OCO4)nc2c1. The van der Waals surface area contributed by atoms with E-state index in [1.165, 1.54) is 0 Å². The smallest absolute Gasteiger partial charge is 0.231 e. The van der Waals surface area contributed by atoms with Gasteiger partial charge < -0.3 is 19.6 Å². The molecular formula is C17H16FN3O2. The van der Waals surface area contributed by atoms with Crippen LogP contribution >= 0.6 is 0 Å². The number of hydrogen-bond donors (Lipinski definition) is 1. The number of pyridine rings is 1. The molecule has 0 saturated carbocycles. The molecule has 2 N–H and O–H groups in total. The van der Waals surface area contributed by atoms with Crippen LogP contribution in [0.2, 0.25) is 0 Å². The lowest BCUT2D eigenvalue weighted by Crippen LogP contribution is -2.11. The zero-order valence-corrected chi connectivity index (χ0v) is 12.4. The molecule has 0 radical (unpaired) electrons. The van der Waals surface area contributed by atoms with Gasteiger partial charge >= 0.3 is 0 Å². The average molecular weight is 313 g/mol. The van der Waals surface area contributed by atoms with Crippen molar-refractivity contribution in [1.29, 1.82) is 0 Å². The Bertz CT molecular complexity index is 862. The first-order valence-electron chi connectivity index (χ1n) is 7.45. The number of nitrogens with zero attached hydrogens (tertiary/aromatic N) is 2. The van der Waals surface area contributed by atoms with E-state index in [0.717, 1.165) is 34.0 Å². The lowest BCUT2D eigenvalue weighted by atomic mass is 10.1. The summed E-state index contributed by atoms with van der Waals surface area (Å²) in [7, 11) is 0. The maximum absolute atomic E-state index is 12.5. The average Bonchev–Trinajstić information content (AvgIpc) is 3.19. The fourth-order valence-corrected chi connectivity index (χ4v) is 2.71. The maximum atomic E-state index is 12.5. The highest BCUT2D eigenvalue weighted by Crippen LogP contribution is 2.35. The van der Waals surface area contributed by atoms with Gasteiger partial charge in [0.1, 0.15) is 5.65 Å². The number of ether oxygens (including phenoxy) is 2. The van der Waals surface area contributed by atoms with Crippen LogP contribution in [-0.4, -0.2) is 22.9 Å². The largest absolute Gasteiger partial charge is 0.454 e. The fourth-order valence-electron chi connectivity index (χ4n) is 2.71. The molecule has 4 rings (SSSR count). The molecule has 3 heterocycles. The molecule has 0 amide bonds. The van der Waals surface area contributed by atoms with Crippen LogP contribution in [0.5, 0.6) is 11.5 Å². The second kappa shape index (κ2) is 5.55. The van der Waals surface area contributed by atoms with Gasteiger partial charge in [-0.3, -0.25) is 4.39 Å². The van der Waals surface area contributed by atoms with E-state index in [0.29, 0.717) is 6.42 Å². The van der Waals surface area contributed by atoms with Crippen LogP contribution in [0.4, 0.5) is 4.39 Å². The second-order valence-electron chi connectivity index (χ2n) is 5.50. The second-order valence-corrected chi connectivity index (χ2v) is 5.50. The summed E-state index contributed by atoms with van der Waals surface area (Å²) in [5.41, 5.74) is 9.42. The Morgan fingerprint density at radius 1 is 1.22 bits per heavy atom. The number of hydrogen-bond acceptors (Lipinski definition) is 4. The predicted molar refractivity (Wildman–Crippen MR) is 84.3 cm³/mol. The van der Waals surface area contributed by atoms with Crippen LogP contribution in [0.1, 0.15) is 18.0 Å². The van der Waals surface area contributed by atoms with Gasteiger partial charge in [-0.25, -0.2) is 4.98 Å². The molecule has 6 heteroatoms. The first kappa shape index (κ1) is 14.0. The predicted octanol–water partition coefficient (Wildman–Crippen LogP) is 3.09. The number of benzene rings is 1. The van der Waals surface area contributed by atoms with Gasteiger partial charge in [-0.2, -0.15) is 0 Å². The molecule has 5 nitrogen and oxygen atoms in total. The van der Waals surface area contributed by atoms with Gasteiger partial charge in [0.15, 0.2) is 11.5 Å². The molecule has 0 fully saturated rings. The first-order chi connectivity index (χ1) is 11.2. The monoisotopic (exact) mass is 313 g/mol.